The molecule has 0 saturated heterocycles. The Morgan fingerprint density at radius 1 is 0.964 bits per heavy atom. The Morgan fingerprint density at radius 3 is 2.14 bits per heavy atom. The van der Waals surface area contributed by atoms with Gasteiger partial charge in [-0.05, 0) is 56.8 Å². The molecule has 4 atom stereocenters. The van der Waals surface area contributed by atoms with Gasteiger partial charge in [0.1, 0.15) is 0 Å². The Morgan fingerprint density at radius 2 is 1.64 bits per heavy atom. The average molecular weight is 399 g/mol. The van der Waals surface area contributed by atoms with E-state index in [1.54, 1.807) is 7.11 Å². The fourth-order valence-electron chi connectivity index (χ4n) is 5.26. The van der Waals surface area contributed by atoms with E-state index in [2.05, 4.69) is 19.9 Å². The van der Waals surface area contributed by atoms with E-state index >= 15 is 0 Å². The van der Waals surface area contributed by atoms with Gasteiger partial charge in [0.2, 0.25) is 0 Å². The molecule has 2 aliphatic carbocycles. The van der Waals surface area contributed by atoms with Crippen LogP contribution in [-0.4, -0.2) is 62.1 Å². The normalized spacial score (nSPS) is 27.8. The summed E-state index contributed by atoms with van der Waals surface area (Å²) in [6.07, 6.45) is 9.74. The number of aliphatic hydroxyl groups excluding tert-OH is 3. The molecule has 4 unspecified atom stereocenters. The summed E-state index contributed by atoms with van der Waals surface area (Å²) in [7, 11) is 1.67. The molecule has 2 aliphatic rings. The third-order valence-corrected chi connectivity index (χ3v) is 6.92. The fourth-order valence-corrected chi connectivity index (χ4v) is 5.26. The van der Waals surface area contributed by atoms with E-state index in [9.17, 15) is 15.3 Å². The predicted molar refractivity (Wildman–Crippen MR) is 111 cm³/mol. The van der Waals surface area contributed by atoms with Crippen LogP contribution >= 0.6 is 0 Å². The van der Waals surface area contributed by atoms with Crippen molar-refractivity contribution in [3.8, 4) is 0 Å². The van der Waals surface area contributed by atoms with E-state index in [4.69, 9.17) is 9.47 Å². The van der Waals surface area contributed by atoms with Crippen LogP contribution in [0.5, 0.6) is 0 Å². The third-order valence-electron chi connectivity index (χ3n) is 6.92. The van der Waals surface area contributed by atoms with Crippen LogP contribution < -0.4 is 0 Å². The van der Waals surface area contributed by atoms with Crippen LogP contribution in [0.15, 0.2) is 11.6 Å². The lowest BCUT2D eigenvalue weighted by Gasteiger charge is -2.36. The van der Waals surface area contributed by atoms with E-state index < -0.39 is 10.8 Å². The van der Waals surface area contributed by atoms with E-state index in [1.165, 1.54) is 24.8 Å². The van der Waals surface area contributed by atoms with E-state index in [-0.39, 0.29) is 19.8 Å². The van der Waals surface area contributed by atoms with Crippen molar-refractivity contribution < 1.29 is 24.8 Å². The van der Waals surface area contributed by atoms with E-state index in [1.807, 2.05) is 0 Å². The maximum absolute atomic E-state index is 10.2. The fraction of sp³-hybridized carbons (Fsp3) is 0.913. The highest BCUT2D eigenvalue weighted by molar-refractivity contribution is 5.09. The number of allylic oxidation sites excluding steroid dienone is 2. The molecule has 0 heterocycles. The molecule has 2 rings (SSSR count). The monoisotopic (exact) mass is 398 g/mol. The first kappa shape index (κ1) is 23.8. The van der Waals surface area contributed by atoms with E-state index in [0.717, 1.165) is 31.6 Å². The van der Waals surface area contributed by atoms with Gasteiger partial charge in [0, 0.05) is 17.9 Å². The summed E-state index contributed by atoms with van der Waals surface area (Å²) in [6, 6.07) is 0. The highest BCUT2D eigenvalue weighted by Crippen LogP contribution is 2.40. The number of hydrogen-bond donors (Lipinski definition) is 3. The molecule has 3 N–H and O–H groups in total. The van der Waals surface area contributed by atoms with Crippen LogP contribution in [0.25, 0.3) is 0 Å². The summed E-state index contributed by atoms with van der Waals surface area (Å²) in [5, 5.41) is 30.2. The van der Waals surface area contributed by atoms with Gasteiger partial charge in [0.05, 0.1) is 39.6 Å². The SMILES string of the molecule is COCC(CO)(COCC(CO)(CO)CC1C=C(C)CC1)CC1CCC(C)C1. The van der Waals surface area contributed by atoms with Gasteiger partial charge in [-0.25, -0.2) is 0 Å². The van der Waals surface area contributed by atoms with Crippen molar-refractivity contribution >= 4 is 0 Å². The molecule has 0 aliphatic heterocycles. The van der Waals surface area contributed by atoms with Gasteiger partial charge >= 0.3 is 0 Å². The van der Waals surface area contributed by atoms with Crippen LogP contribution in [0, 0.1) is 28.6 Å². The standard InChI is InChI=1S/C23H42O5/c1-18-4-6-20(8-18)10-22(12-24,13-25)16-28-17-23(14-26,15-27-3)11-21-7-5-19(2)9-21/h8,19-21,24-26H,4-7,9-17H2,1-3H3. The molecule has 0 aromatic rings. The molecule has 5 nitrogen and oxygen atoms in total. The molecule has 164 valence electrons. The molecule has 0 amide bonds. The highest BCUT2D eigenvalue weighted by Gasteiger charge is 2.38. The zero-order valence-electron chi connectivity index (χ0n) is 18.2. The van der Waals surface area contributed by atoms with Crippen LogP contribution in [0.1, 0.15) is 58.8 Å². The molecule has 0 spiro atoms. The van der Waals surface area contributed by atoms with Crippen LogP contribution in [0.2, 0.25) is 0 Å². The predicted octanol–water partition coefficient (Wildman–Crippen LogP) is 3.17. The molecule has 0 radical (unpaired) electrons. The minimum atomic E-state index is -0.637. The van der Waals surface area contributed by atoms with Gasteiger partial charge in [-0.1, -0.05) is 31.4 Å². The lowest BCUT2D eigenvalue weighted by molar-refractivity contribution is -0.0924. The lowest BCUT2D eigenvalue weighted by Crippen LogP contribution is -2.41. The van der Waals surface area contributed by atoms with Gasteiger partial charge in [-0.15, -0.1) is 0 Å². The van der Waals surface area contributed by atoms with Crippen LogP contribution in [0.4, 0.5) is 0 Å². The molecule has 5 heteroatoms. The summed E-state index contributed by atoms with van der Waals surface area (Å²) in [6.45, 7) is 5.43. The van der Waals surface area contributed by atoms with Gasteiger partial charge in [0.15, 0.2) is 0 Å². The van der Waals surface area contributed by atoms with E-state index in [0.29, 0.717) is 31.7 Å². The van der Waals surface area contributed by atoms with Crippen molar-refractivity contribution in [3.05, 3.63) is 11.6 Å². The Hall–Kier alpha value is -0.460. The first-order valence-corrected chi connectivity index (χ1v) is 11.0. The molecule has 28 heavy (non-hydrogen) atoms. The molecule has 0 bridgehead atoms. The number of aliphatic hydroxyl groups is 3. The number of hydrogen-bond acceptors (Lipinski definition) is 5. The summed E-state index contributed by atoms with van der Waals surface area (Å²) < 4.78 is 11.5. The zero-order chi connectivity index (χ0) is 20.6. The second kappa shape index (κ2) is 11.1. The quantitative estimate of drug-likeness (QED) is 0.415. The molecule has 0 aromatic heterocycles. The Bertz CT molecular complexity index is 487. The Balaban J connectivity index is 1.95. The number of ether oxygens (including phenoxy) is 2. The van der Waals surface area contributed by atoms with Crippen molar-refractivity contribution in [2.75, 3.05) is 46.8 Å². The van der Waals surface area contributed by atoms with Gasteiger partial charge in [-0.3, -0.25) is 0 Å². The Kier molecular flexibility index (Phi) is 9.42. The maximum atomic E-state index is 10.2. The topological polar surface area (TPSA) is 79.2 Å². The molecular formula is C23H42O5. The van der Waals surface area contributed by atoms with Crippen LogP contribution in [0.3, 0.4) is 0 Å². The smallest absolute Gasteiger partial charge is 0.0567 e. The molecular weight excluding hydrogens is 356 g/mol. The lowest BCUT2D eigenvalue weighted by atomic mass is 9.79. The summed E-state index contributed by atoms with van der Waals surface area (Å²) in [5.74, 6) is 1.75. The third kappa shape index (κ3) is 6.53. The molecule has 0 aromatic carbocycles. The zero-order valence-corrected chi connectivity index (χ0v) is 18.2. The minimum absolute atomic E-state index is 0.0293. The first-order chi connectivity index (χ1) is 13.4. The van der Waals surface area contributed by atoms with Gasteiger partial charge in [0.25, 0.3) is 0 Å². The summed E-state index contributed by atoms with van der Waals surface area (Å²) in [4.78, 5) is 0. The minimum Gasteiger partial charge on any atom is -0.396 e. The second-order valence-electron chi connectivity index (χ2n) is 9.90. The second-order valence-corrected chi connectivity index (χ2v) is 9.90. The first-order valence-electron chi connectivity index (χ1n) is 11.0. The molecule has 1 fully saturated rings. The summed E-state index contributed by atoms with van der Waals surface area (Å²) in [5.41, 5.74) is 0.340. The number of methoxy groups -OCH3 is 1. The largest absolute Gasteiger partial charge is 0.396 e. The van der Waals surface area contributed by atoms with Gasteiger partial charge in [-0.2, -0.15) is 0 Å². The number of rotatable bonds is 13. The van der Waals surface area contributed by atoms with Crippen LogP contribution in [-0.2, 0) is 9.47 Å². The molecule has 1 saturated carbocycles. The van der Waals surface area contributed by atoms with Gasteiger partial charge < -0.3 is 24.8 Å². The highest BCUT2D eigenvalue weighted by atomic mass is 16.5. The summed E-state index contributed by atoms with van der Waals surface area (Å²) >= 11 is 0. The van der Waals surface area contributed by atoms with Crippen molar-refractivity contribution in [2.45, 2.75) is 58.8 Å². The Labute approximate surface area is 171 Å². The van der Waals surface area contributed by atoms with Crippen molar-refractivity contribution in [1.82, 2.24) is 0 Å². The van der Waals surface area contributed by atoms with Crippen molar-refractivity contribution in [1.29, 1.82) is 0 Å². The maximum Gasteiger partial charge on any atom is 0.0567 e. The van der Waals surface area contributed by atoms with Crippen molar-refractivity contribution in [3.63, 3.8) is 0 Å². The average Bonchev–Trinajstić information content (AvgIpc) is 3.28. The van der Waals surface area contributed by atoms with Crippen molar-refractivity contribution in [2.24, 2.45) is 28.6 Å².